The predicted octanol–water partition coefficient (Wildman–Crippen LogP) is 3.30. The lowest BCUT2D eigenvalue weighted by molar-refractivity contribution is 0.601. The average Bonchev–Trinajstić information content (AvgIpc) is 2.28. The van der Waals surface area contributed by atoms with Gasteiger partial charge in [-0.2, -0.15) is 0 Å². The van der Waals surface area contributed by atoms with Gasteiger partial charge in [0, 0.05) is 21.8 Å². The fourth-order valence-electron chi connectivity index (χ4n) is 1.29. The van der Waals surface area contributed by atoms with Crippen LogP contribution in [0.4, 0.5) is 5.82 Å². The number of rotatable bonds is 3. The summed E-state index contributed by atoms with van der Waals surface area (Å²) in [5.74, 6) is 0.183. The normalized spacial score (nSPS) is 11.2. The quantitative estimate of drug-likeness (QED) is 0.927. The molecule has 0 saturated carbocycles. The molecule has 1 aromatic carbocycles. The Kier molecular flexibility index (Phi) is 3.89. The van der Waals surface area contributed by atoms with Crippen molar-refractivity contribution in [2.24, 2.45) is 0 Å². The van der Waals surface area contributed by atoms with Crippen molar-refractivity contribution in [3.05, 3.63) is 52.1 Å². The SMILES string of the molecule is O=S(=O)(Nc1cc(Cl)ccn1)c1cccc(Br)c1. The number of hydrogen-bond acceptors (Lipinski definition) is 3. The van der Waals surface area contributed by atoms with Crippen molar-refractivity contribution in [1.82, 2.24) is 4.98 Å². The number of sulfonamides is 1. The molecule has 0 bridgehead atoms. The van der Waals surface area contributed by atoms with E-state index in [9.17, 15) is 8.42 Å². The van der Waals surface area contributed by atoms with Gasteiger partial charge >= 0.3 is 0 Å². The molecule has 0 aliphatic heterocycles. The van der Waals surface area contributed by atoms with E-state index in [-0.39, 0.29) is 10.7 Å². The monoisotopic (exact) mass is 346 g/mol. The van der Waals surface area contributed by atoms with Crippen molar-refractivity contribution in [2.45, 2.75) is 4.90 Å². The van der Waals surface area contributed by atoms with Crippen LogP contribution in [-0.4, -0.2) is 13.4 Å². The summed E-state index contributed by atoms with van der Waals surface area (Å²) in [6.45, 7) is 0. The summed E-state index contributed by atoms with van der Waals surface area (Å²) < 4.78 is 27.1. The van der Waals surface area contributed by atoms with Crippen molar-refractivity contribution in [2.75, 3.05) is 4.72 Å². The van der Waals surface area contributed by atoms with Crippen molar-refractivity contribution in [1.29, 1.82) is 0 Å². The fourth-order valence-corrected chi connectivity index (χ4v) is 3.05. The minimum atomic E-state index is -3.65. The van der Waals surface area contributed by atoms with Crippen molar-refractivity contribution >= 4 is 43.4 Å². The summed E-state index contributed by atoms with van der Waals surface area (Å²) in [7, 11) is -3.65. The van der Waals surface area contributed by atoms with Crippen molar-refractivity contribution in [3.8, 4) is 0 Å². The summed E-state index contributed by atoms with van der Waals surface area (Å²) in [5, 5.41) is 0.414. The Labute approximate surface area is 118 Å². The van der Waals surface area contributed by atoms with Gasteiger partial charge in [-0.1, -0.05) is 33.6 Å². The predicted molar refractivity (Wildman–Crippen MR) is 74.2 cm³/mol. The van der Waals surface area contributed by atoms with Gasteiger partial charge in [0.2, 0.25) is 0 Å². The Morgan fingerprint density at radius 3 is 2.67 bits per heavy atom. The third-order valence-electron chi connectivity index (χ3n) is 2.07. The average molecular weight is 348 g/mol. The van der Waals surface area contributed by atoms with E-state index in [2.05, 4.69) is 25.6 Å². The first-order chi connectivity index (χ1) is 8.47. The zero-order valence-electron chi connectivity index (χ0n) is 8.97. The smallest absolute Gasteiger partial charge is 0.263 e. The van der Waals surface area contributed by atoms with Crippen molar-refractivity contribution < 1.29 is 8.42 Å². The van der Waals surface area contributed by atoms with Crippen LogP contribution in [0.2, 0.25) is 5.02 Å². The number of nitrogens with zero attached hydrogens (tertiary/aromatic N) is 1. The standard InChI is InChI=1S/C11H8BrClN2O2S/c12-8-2-1-3-10(6-8)18(16,17)15-11-7-9(13)4-5-14-11/h1-7H,(H,14,15). The zero-order chi connectivity index (χ0) is 13.2. The molecule has 0 unspecified atom stereocenters. The van der Waals surface area contributed by atoms with Crippen LogP contribution < -0.4 is 4.72 Å². The number of pyridine rings is 1. The Morgan fingerprint density at radius 1 is 1.22 bits per heavy atom. The van der Waals surface area contributed by atoms with Crippen LogP contribution in [0, 0.1) is 0 Å². The van der Waals surface area contributed by atoms with Crippen LogP contribution in [0.15, 0.2) is 52.0 Å². The number of anilines is 1. The van der Waals surface area contributed by atoms with Gasteiger partial charge in [0.25, 0.3) is 10.0 Å². The van der Waals surface area contributed by atoms with Gasteiger partial charge < -0.3 is 0 Å². The van der Waals surface area contributed by atoms with Gasteiger partial charge in [-0.05, 0) is 24.3 Å². The summed E-state index contributed by atoms with van der Waals surface area (Å²) in [5.41, 5.74) is 0. The molecule has 0 radical (unpaired) electrons. The van der Waals surface area contributed by atoms with Crippen LogP contribution in [0.1, 0.15) is 0 Å². The maximum absolute atomic E-state index is 12.1. The molecule has 0 amide bonds. The molecule has 0 atom stereocenters. The van der Waals surface area contributed by atoms with Gasteiger partial charge in [-0.3, -0.25) is 4.72 Å². The van der Waals surface area contributed by atoms with Gasteiger partial charge in [-0.15, -0.1) is 0 Å². The number of nitrogens with one attached hydrogen (secondary N) is 1. The van der Waals surface area contributed by atoms with Crippen LogP contribution in [0.3, 0.4) is 0 Å². The minimum absolute atomic E-state index is 0.152. The highest BCUT2D eigenvalue weighted by molar-refractivity contribution is 9.10. The lowest BCUT2D eigenvalue weighted by atomic mass is 10.4. The van der Waals surface area contributed by atoms with E-state index in [1.165, 1.54) is 24.4 Å². The molecule has 4 nitrogen and oxygen atoms in total. The van der Waals surface area contributed by atoms with Gasteiger partial charge in [0.1, 0.15) is 5.82 Å². The molecule has 0 spiro atoms. The van der Waals surface area contributed by atoms with Crippen LogP contribution in [-0.2, 0) is 10.0 Å². The third kappa shape index (κ3) is 3.22. The molecule has 1 aromatic heterocycles. The number of aromatic nitrogens is 1. The number of benzene rings is 1. The summed E-state index contributed by atoms with van der Waals surface area (Å²) in [6, 6.07) is 9.40. The highest BCUT2D eigenvalue weighted by Gasteiger charge is 2.14. The zero-order valence-corrected chi connectivity index (χ0v) is 12.1. The first-order valence-electron chi connectivity index (χ1n) is 4.87. The molecule has 0 aliphatic rings. The molecule has 0 fully saturated rings. The topological polar surface area (TPSA) is 59.1 Å². The molecule has 18 heavy (non-hydrogen) atoms. The Hall–Kier alpha value is -1.11. The van der Waals surface area contributed by atoms with E-state index in [1.807, 2.05) is 0 Å². The van der Waals surface area contributed by atoms with E-state index < -0.39 is 10.0 Å². The summed E-state index contributed by atoms with van der Waals surface area (Å²) in [4.78, 5) is 4.04. The summed E-state index contributed by atoms with van der Waals surface area (Å²) >= 11 is 8.99. The Balaban J connectivity index is 2.33. The first kappa shape index (κ1) is 13.3. The van der Waals surface area contributed by atoms with Gasteiger partial charge in [0.05, 0.1) is 4.90 Å². The molecule has 2 rings (SSSR count). The number of halogens is 2. The highest BCUT2D eigenvalue weighted by Crippen LogP contribution is 2.19. The summed E-state index contributed by atoms with van der Waals surface area (Å²) in [6.07, 6.45) is 1.43. The largest absolute Gasteiger partial charge is 0.263 e. The second kappa shape index (κ2) is 5.26. The van der Waals surface area contributed by atoms with Gasteiger partial charge in [0.15, 0.2) is 0 Å². The Bertz CT molecular complexity index is 676. The van der Waals surface area contributed by atoms with E-state index >= 15 is 0 Å². The minimum Gasteiger partial charge on any atom is -0.263 e. The first-order valence-corrected chi connectivity index (χ1v) is 7.53. The second-order valence-corrected chi connectivity index (χ2v) is 6.46. The molecule has 7 heteroatoms. The van der Waals surface area contributed by atoms with E-state index in [4.69, 9.17) is 11.6 Å². The Morgan fingerprint density at radius 2 is 2.00 bits per heavy atom. The van der Waals surface area contributed by atoms with Crippen LogP contribution in [0.5, 0.6) is 0 Å². The fraction of sp³-hybridized carbons (Fsp3) is 0. The lowest BCUT2D eigenvalue weighted by Crippen LogP contribution is -2.13. The molecule has 2 aromatic rings. The lowest BCUT2D eigenvalue weighted by Gasteiger charge is -2.07. The molecule has 0 saturated heterocycles. The molecule has 1 N–H and O–H groups in total. The maximum atomic E-state index is 12.1. The van der Waals surface area contributed by atoms with E-state index in [0.717, 1.165) is 0 Å². The molecular formula is C11H8BrClN2O2S. The van der Waals surface area contributed by atoms with Crippen LogP contribution in [0.25, 0.3) is 0 Å². The molecule has 94 valence electrons. The number of hydrogen-bond donors (Lipinski definition) is 1. The van der Waals surface area contributed by atoms with E-state index in [1.54, 1.807) is 18.2 Å². The van der Waals surface area contributed by atoms with Crippen LogP contribution >= 0.6 is 27.5 Å². The molecule has 0 aliphatic carbocycles. The molecular weight excluding hydrogens is 340 g/mol. The molecule has 1 heterocycles. The highest BCUT2D eigenvalue weighted by atomic mass is 79.9. The van der Waals surface area contributed by atoms with Crippen molar-refractivity contribution in [3.63, 3.8) is 0 Å². The maximum Gasteiger partial charge on any atom is 0.263 e. The second-order valence-electron chi connectivity index (χ2n) is 3.42. The third-order valence-corrected chi connectivity index (χ3v) is 4.15. The van der Waals surface area contributed by atoms with Gasteiger partial charge in [-0.25, -0.2) is 13.4 Å². The van der Waals surface area contributed by atoms with E-state index in [0.29, 0.717) is 9.50 Å².